The van der Waals surface area contributed by atoms with Crippen LogP contribution in [0.5, 0.6) is 0 Å². The molecule has 0 aromatic heterocycles. The maximum Gasteiger partial charge on any atom is 0.336 e. The Morgan fingerprint density at radius 2 is 2.17 bits per heavy atom. The molecule has 0 aliphatic carbocycles. The van der Waals surface area contributed by atoms with Gasteiger partial charge in [0.15, 0.2) is 0 Å². The van der Waals surface area contributed by atoms with Crippen molar-refractivity contribution in [3.8, 4) is 0 Å². The number of halogens is 1. The zero-order valence-corrected chi connectivity index (χ0v) is 12.4. The minimum atomic E-state index is -0.931. The summed E-state index contributed by atoms with van der Waals surface area (Å²) in [6.45, 7) is 5.40. The molecule has 0 amide bonds. The molecule has 100 valence electrons. The minimum absolute atomic E-state index is 0.222. The third kappa shape index (κ3) is 4.31. The number of nitrogens with zero attached hydrogens (tertiary/aromatic N) is 1. The van der Waals surface area contributed by atoms with E-state index in [0.29, 0.717) is 11.1 Å². The largest absolute Gasteiger partial charge is 0.478 e. The highest BCUT2D eigenvalue weighted by molar-refractivity contribution is 9.10. The lowest BCUT2D eigenvalue weighted by molar-refractivity contribution is 0.0695. The molecule has 1 rings (SSSR count). The van der Waals surface area contributed by atoms with Crippen molar-refractivity contribution < 1.29 is 14.6 Å². The fourth-order valence-corrected chi connectivity index (χ4v) is 2.01. The Kier molecular flexibility index (Phi) is 5.62. The summed E-state index contributed by atoms with van der Waals surface area (Å²) in [5.74, 6) is -0.931. The van der Waals surface area contributed by atoms with Crippen LogP contribution in [-0.4, -0.2) is 37.4 Å². The van der Waals surface area contributed by atoms with Gasteiger partial charge in [0.05, 0.1) is 18.3 Å². The van der Waals surface area contributed by atoms with E-state index in [9.17, 15) is 4.79 Å². The van der Waals surface area contributed by atoms with Crippen molar-refractivity contribution in [3.05, 3.63) is 28.2 Å². The van der Waals surface area contributed by atoms with Crippen LogP contribution >= 0.6 is 15.9 Å². The molecular formula is C13H18BrNO3. The third-order valence-electron chi connectivity index (χ3n) is 2.50. The number of ether oxygens (including phenoxy) is 1. The molecule has 1 aromatic carbocycles. The van der Waals surface area contributed by atoms with Gasteiger partial charge in [0, 0.05) is 23.8 Å². The molecule has 1 N–H and O–H groups in total. The predicted molar refractivity (Wildman–Crippen MR) is 75.5 cm³/mol. The van der Waals surface area contributed by atoms with Crippen molar-refractivity contribution >= 4 is 27.6 Å². The van der Waals surface area contributed by atoms with Crippen LogP contribution < -0.4 is 4.90 Å². The monoisotopic (exact) mass is 315 g/mol. The van der Waals surface area contributed by atoms with Gasteiger partial charge in [-0.1, -0.05) is 0 Å². The first-order chi connectivity index (χ1) is 8.41. The predicted octanol–water partition coefficient (Wildman–Crippen LogP) is 3.01. The minimum Gasteiger partial charge on any atom is -0.478 e. The van der Waals surface area contributed by atoms with Crippen LogP contribution in [0.2, 0.25) is 0 Å². The van der Waals surface area contributed by atoms with Gasteiger partial charge in [0.1, 0.15) is 0 Å². The summed E-state index contributed by atoms with van der Waals surface area (Å²) < 4.78 is 6.07. The number of hydrogen-bond acceptors (Lipinski definition) is 3. The van der Waals surface area contributed by atoms with Gasteiger partial charge in [-0.3, -0.25) is 0 Å². The first-order valence-corrected chi connectivity index (χ1v) is 6.56. The Balaban J connectivity index is 2.66. The molecule has 18 heavy (non-hydrogen) atoms. The van der Waals surface area contributed by atoms with E-state index in [1.54, 1.807) is 18.2 Å². The van der Waals surface area contributed by atoms with E-state index in [1.807, 2.05) is 25.8 Å². The zero-order chi connectivity index (χ0) is 13.7. The quantitative estimate of drug-likeness (QED) is 0.876. The van der Waals surface area contributed by atoms with Gasteiger partial charge < -0.3 is 14.7 Å². The third-order valence-corrected chi connectivity index (χ3v) is 3.16. The van der Waals surface area contributed by atoms with Crippen molar-refractivity contribution in [3.63, 3.8) is 0 Å². The van der Waals surface area contributed by atoms with Gasteiger partial charge in [0.25, 0.3) is 0 Å². The van der Waals surface area contributed by atoms with Crippen LogP contribution in [0.25, 0.3) is 0 Å². The fraction of sp³-hybridized carbons (Fsp3) is 0.462. The van der Waals surface area contributed by atoms with Gasteiger partial charge >= 0.3 is 5.97 Å². The molecule has 1 aromatic rings. The van der Waals surface area contributed by atoms with Crippen molar-refractivity contribution in [2.24, 2.45) is 0 Å². The molecule has 4 nitrogen and oxygen atoms in total. The Hall–Kier alpha value is -1.07. The van der Waals surface area contributed by atoms with E-state index < -0.39 is 5.97 Å². The van der Waals surface area contributed by atoms with Gasteiger partial charge in [-0.2, -0.15) is 0 Å². The number of anilines is 1. The summed E-state index contributed by atoms with van der Waals surface area (Å²) in [6, 6.07) is 5.20. The topological polar surface area (TPSA) is 49.8 Å². The molecule has 0 fully saturated rings. The Morgan fingerprint density at radius 3 is 2.67 bits per heavy atom. The SMILES string of the molecule is CC(C)OCCN(C)c1ccc(C(=O)O)c(Br)c1. The molecule has 0 heterocycles. The van der Waals surface area contributed by atoms with Gasteiger partial charge in [-0.25, -0.2) is 4.79 Å². The average molecular weight is 316 g/mol. The smallest absolute Gasteiger partial charge is 0.336 e. The van der Waals surface area contributed by atoms with E-state index in [-0.39, 0.29) is 11.7 Å². The number of carboxylic acid groups (broad SMARTS) is 1. The lowest BCUT2D eigenvalue weighted by atomic mass is 10.2. The molecule has 5 heteroatoms. The fourth-order valence-electron chi connectivity index (χ4n) is 1.47. The van der Waals surface area contributed by atoms with Crippen molar-refractivity contribution in [2.75, 3.05) is 25.1 Å². The number of rotatable bonds is 6. The van der Waals surface area contributed by atoms with Crippen LogP contribution in [-0.2, 0) is 4.74 Å². The highest BCUT2D eigenvalue weighted by Gasteiger charge is 2.10. The van der Waals surface area contributed by atoms with E-state index in [0.717, 1.165) is 12.2 Å². The van der Waals surface area contributed by atoms with E-state index in [1.165, 1.54) is 0 Å². The lowest BCUT2D eigenvalue weighted by Gasteiger charge is -2.20. The van der Waals surface area contributed by atoms with E-state index in [2.05, 4.69) is 15.9 Å². The highest BCUT2D eigenvalue weighted by Crippen LogP contribution is 2.23. The molecule has 0 aliphatic heterocycles. The van der Waals surface area contributed by atoms with Gasteiger partial charge in [-0.15, -0.1) is 0 Å². The molecule has 0 radical (unpaired) electrons. The second-order valence-electron chi connectivity index (χ2n) is 4.31. The van der Waals surface area contributed by atoms with Crippen molar-refractivity contribution in [1.82, 2.24) is 0 Å². The molecule has 0 atom stereocenters. The summed E-state index contributed by atoms with van der Waals surface area (Å²) in [5, 5.41) is 8.93. The summed E-state index contributed by atoms with van der Waals surface area (Å²) >= 11 is 3.27. The van der Waals surface area contributed by atoms with E-state index in [4.69, 9.17) is 9.84 Å². The molecule has 0 bridgehead atoms. The Labute approximate surface area is 116 Å². The molecule has 0 saturated carbocycles. The first kappa shape index (κ1) is 15.0. The molecular weight excluding hydrogens is 298 g/mol. The van der Waals surface area contributed by atoms with Crippen LogP contribution in [0.4, 0.5) is 5.69 Å². The van der Waals surface area contributed by atoms with Gasteiger partial charge in [0.2, 0.25) is 0 Å². The zero-order valence-electron chi connectivity index (χ0n) is 10.8. The Morgan fingerprint density at radius 1 is 1.50 bits per heavy atom. The maximum absolute atomic E-state index is 10.9. The maximum atomic E-state index is 10.9. The number of hydrogen-bond donors (Lipinski definition) is 1. The van der Waals surface area contributed by atoms with Crippen LogP contribution in [0.15, 0.2) is 22.7 Å². The van der Waals surface area contributed by atoms with Crippen LogP contribution in [0, 0.1) is 0 Å². The second kappa shape index (κ2) is 6.75. The van der Waals surface area contributed by atoms with Crippen molar-refractivity contribution in [2.45, 2.75) is 20.0 Å². The summed E-state index contributed by atoms with van der Waals surface area (Å²) in [7, 11) is 1.95. The Bertz CT molecular complexity index is 421. The normalized spacial score (nSPS) is 10.7. The molecule has 0 unspecified atom stereocenters. The van der Waals surface area contributed by atoms with Crippen LogP contribution in [0.3, 0.4) is 0 Å². The van der Waals surface area contributed by atoms with Gasteiger partial charge in [-0.05, 0) is 48.0 Å². The summed E-state index contributed by atoms with van der Waals surface area (Å²) in [5.41, 5.74) is 1.23. The molecule has 0 aliphatic rings. The number of carboxylic acids is 1. The number of benzene rings is 1. The summed E-state index contributed by atoms with van der Waals surface area (Å²) in [4.78, 5) is 12.9. The molecule has 0 saturated heterocycles. The number of likely N-dealkylation sites (N-methyl/N-ethyl adjacent to an activating group) is 1. The first-order valence-electron chi connectivity index (χ1n) is 5.77. The number of aromatic carboxylic acids is 1. The van der Waals surface area contributed by atoms with Crippen LogP contribution in [0.1, 0.15) is 24.2 Å². The highest BCUT2D eigenvalue weighted by atomic mass is 79.9. The van der Waals surface area contributed by atoms with Crippen molar-refractivity contribution in [1.29, 1.82) is 0 Å². The van der Waals surface area contributed by atoms with E-state index >= 15 is 0 Å². The average Bonchev–Trinajstić information content (AvgIpc) is 2.27. The second-order valence-corrected chi connectivity index (χ2v) is 5.16. The lowest BCUT2D eigenvalue weighted by Crippen LogP contribution is -2.24. The standard InChI is InChI=1S/C13H18BrNO3/c1-9(2)18-7-6-15(3)10-4-5-11(13(16)17)12(14)8-10/h4-5,8-9H,6-7H2,1-3H3,(H,16,17). The molecule has 0 spiro atoms. The summed E-state index contributed by atoms with van der Waals surface area (Å²) in [6.07, 6.45) is 0.222. The number of carbonyl (C=O) groups is 1.